The molecule has 2 fully saturated rings. The fraction of sp³-hybridized carbons (Fsp3) is 0.846. The maximum Gasteiger partial charge on any atom is 0.334 e. The Balaban J connectivity index is 1.61. The number of ether oxygens (including phenoxy) is 1. The van der Waals surface area contributed by atoms with Crippen molar-refractivity contribution >= 4 is 12.0 Å². The molecule has 0 aromatic rings. The van der Waals surface area contributed by atoms with Gasteiger partial charge in [0, 0.05) is 39.3 Å². The van der Waals surface area contributed by atoms with Crippen molar-refractivity contribution in [2.24, 2.45) is 0 Å². The number of morpholine rings is 1. The zero-order valence-corrected chi connectivity index (χ0v) is 12.2. The van der Waals surface area contributed by atoms with E-state index in [2.05, 4.69) is 15.5 Å². The predicted octanol–water partition coefficient (Wildman–Crippen LogP) is -1.22. The van der Waals surface area contributed by atoms with Crippen LogP contribution in [0.5, 0.6) is 0 Å². The molecule has 1 unspecified atom stereocenters. The van der Waals surface area contributed by atoms with E-state index < -0.39 is 12.1 Å². The van der Waals surface area contributed by atoms with Gasteiger partial charge in [0.1, 0.15) is 0 Å². The van der Waals surface area contributed by atoms with Gasteiger partial charge in [-0.2, -0.15) is 0 Å². The molecule has 2 amide bonds. The lowest BCUT2D eigenvalue weighted by Crippen LogP contribution is -2.52. The minimum absolute atomic E-state index is 0.110. The average Bonchev–Trinajstić information content (AvgIpc) is 2.52. The summed E-state index contributed by atoms with van der Waals surface area (Å²) in [5, 5.41) is 15.1. The van der Waals surface area contributed by atoms with Crippen LogP contribution in [0.4, 0.5) is 4.79 Å². The van der Waals surface area contributed by atoms with Gasteiger partial charge in [-0.1, -0.05) is 0 Å². The minimum Gasteiger partial charge on any atom is -0.479 e. The standard InChI is InChI=1S/C13H24N4O4/c18-12(19)11-10-17(8-9-21-11)13(20)15-2-1-5-16-6-3-14-4-7-16/h11,14H,1-10H2,(H,15,20)(H,18,19). The van der Waals surface area contributed by atoms with Gasteiger partial charge >= 0.3 is 12.0 Å². The lowest BCUT2D eigenvalue weighted by Gasteiger charge is -2.31. The number of nitrogens with one attached hydrogen (secondary N) is 2. The molecule has 0 aliphatic carbocycles. The van der Waals surface area contributed by atoms with E-state index in [9.17, 15) is 9.59 Å². The van der Waals surface area contributed by atoms with Gasteiger partial charge in [0.25, 0.3) is 0 Å². The van der Waals surface area contributed by atoms with Crippen LogP contribution in [0.2, 0.25) is 0 Å². The van der Waals surface area contributed by atoms with Crippen molar-refractivity contribution in [2.75, 3.05) is 59.0 Å². The van der Waals surface area contributed by atoms with Gasteiger partial charge in [0.05, 0.1) is 13.2 Å². The number of piperazine rings is 1. The molecule has 8 nitrogen and oxygen atoms in total. The van der Waals surface area contributed by atoms with Crippen LogP contribution < -0.4 is 10.6 Å². The Kier molecular flexibility index (Phi) is 6.21. The van der Waals surface area contributed by atoms with E-state index >= 15 is 0 Å². The molecule has 21 heavy (non-hydrogen) atoms. The maximum atomic E-state index is 12.0. The quantitative estimate of drug-likeness (QED) is 0.551. The van der Waals surface area contributed by atoms with E-state index in [0.717, 1.165) is 39.1 Å². The fourth-order valence-corrected chi connectivity index (χ4v) is 2.53. The molecule has 0 saturated carbocycles. The first-order valence-electron chi connectivity index (χ1n) is 7.47. The Hall–Kier alpha value is -1.38. The van der Waals surface area contributed by atoms with Gasteiger partial charge in [-0.15, -0.1) is 0 Å². The number of carbonyl (C=O) groups excluding carboxylic acids is 1. The molecular formula is C13H24N4O4. The van der Waals surface area contributed by atoms with Crippen LogP contribution in [0.25, 0.3) is 0 Å². The van der Waals surface area contributed by atoms with Crippen LogP contribution in [0.3, 0.4) is 0 Å². The van der Waals surface area contributed by atoms with Gasteiger partial charge in [0.2, 0.25) is 0 Å². The molecule has 2 aliphatic heterocycles. The van der Waals surface area contributed by atoms with Crippen molar-refractivity contribution in [2.45, 2.75) is 12.5 Å². The maximum absolute atomic E-state index is 12.0. The summed E-state index contributed by atoms with van der Waals surface area (Å²) in [6.45, 7) is 6.56. The molecule has 0 radical (unpaired) electrons. The highest BCUT2D eigenvalue weighted by atomic mass is 16.5. The number of rotatable bonds is 5. The number of amides is 2. The van der Waals surface area contributed by atoms with Gasteiger partial charge in [0.15, 0.2) is 6.10 Å². The van der Waals surface area contributed by atoms with Crippen molar-refractivity contribution in [1.29, 1.82) is 0 Å². The number of nitrogens with zero attached hydrogens (tertiary/aromatic N) is 2. The number of hydrogen-bond acceptors (Lipinski definition) is 5. The van der Waals surface area contributed by atoms with Crippen LogP contribution in [0.15, 0.2) is 0 Å². The number of aliphatic carboxylic acids is 1. The molecule has 0 bridgehead atoms. The topological polar surface area (TPSA) is 94.1 Å². The summed E-state index contributed by atoms with van der Waals surface area (Å²) in [5.41, 5.74) is 0. The lowest BCUT2D eigenvalue weighted by atomic mass is 10.3. The highest BCUT2D eigenvalue weighted by Gasteiger charge is 2.28. The monoisotopic (exact) mass is 300 g/mol. The van der Waals surface area contributed by atoms with Gasteiger partial charge in [-0.05, 0) is 13.0 Å². The van der Waals surface area contributed by atoms with Crippen LogP contribution >= 0.6 is 0 Å². The third-order valence-corrected chi connectivity index (χ3v) is 3.77. The number of carboxylic acid groups (broad SMARTS) is 1. The van der Waals surface area contributed by atoms with Crippen molar-refractivity contribution in [3.8, 4) is 0 Å². The van der Waals surface area contributed by atoms with Crippen molar-refractivity contribution in [3.63, 3.8) is 0 Å². The summed E-state index contributed by atoms with van der Waals surface area (Å²) in [7, 11) is 0. The Morgan fingerprint density at radius 3 is 2.76 bits per heavy atom. The molecule has 0 aromatic heterocycles. The second-order valence-electron chi connectivity index (χ2n) is 5.32. The fourth-order valence-electron chi connectivity index (χ4n) is 2.53. The molecule has 3 N–H and O–H groups in total. The van der Waals surface area contributed by atoms with Crippen LogP contribution in [0, 0.1) is 0 Å². The van der Waals surface area contributed by atoms with E-state index in [1.165, 1.54) is 4.90 Å². The third-order valence-electron chi connectivity index (χ3n) is 3.77. The molecule has 8 heteroatoms. The average molecular weight is 300 g/mol. The molecule has 1 atom stereocenters. The third kappa shape index (κ3) is 5.14. The molecule has 2 saturated heterocycles. The van der Waals surface area contributed by atoms with E-state index in [1.54, 1.807) is 0 Å². The Labute approximate surface area is 124 Å². The largest absolute Gasteiger partial charge is 0.479 e. The van der Waals surface area contributed by atoms with Crippen molar-refractivity contribution in [3.05, 3.63) is 0 Å². The molecule has 0 spiro atoms. The van der Waals surface area contributed by atoms with E-state index in [0.29, 0.717) is 13.1 Å². The first-order chi connectivity index (χ1) is 10.2. The molecule has 2 heterocycles. The second-order valence-corrected chi connectivity index (χ2v) is 5.32. The van der Waals surface area contributed by atoms with Gasteiger partial charge in [-0.3, -0.25) is 0 Å². The first-order valence-corrected chi connectivity index (χ1v) is 7.47. The Morgan fingerprint density at radius 2 is 2.05 bits per heavy atom. The summed E-state index contributed by atoms with van der Waals surface area (Å²) < 4.78 is 5.09. The summed E-state index contributed by atoms with van der Waals surface area (Å²) >= 11 is 0. The van der Waals surface area contributed by atoms with Crippen LogP contribution in [-0.2, 0) is 9.53 Å². The predicted molar refractivity (Wildman–Crippen MR) is 76.3 cm³/mol. The number of hydrogen-bond donors (Lipinski definition) is 3. The van der Waals surface area contributed by atoms with E-state index in [4.69, 9.17) is 9.84 Å². The van der Waals surface area contributed by atoms with Gasteiger partial charge < -0.3 is 30.3 Å². The molecule has 120 valence electrons. The molecule has 0 aromatic carbocycles. The molecule has 2 rings (SSSR count). The smallest absolute Gasteiger partial charge is 0.334 e. The Morgan fingerprint density at radius 1 is 1.29 bits per heavy atom. The van der Waals surface area contributed by atoms with E-state index in [-0.39, 0.29) is 19.2 Å². The van der Waals surface area contributed by atoms with E-state index in [1.807, 2.05) is 0 Å². The summed E-state index contributed by atoms with van der Waals surface area (Å²) in [6.07, 6.45) is -0.0105. The van der Waals surface area contributed by atoms with Crippen LogP contribution in [-0.4, -0.2) is 92.0 Å². The van der Waals surface area contributed by atoms with Gasteiger partial charge in [-0.25, -0.2) is 9.59 Å². The summed E-state index contributed by atoms with van der Waals surface area (Å²) in [5.74, 6) is -1.02. The number of carboxylic acids is 1. The Bertz CT molecular complexity index is 360. The SMILES string of the molecule is O=C(O)C1CN(C(=O)NCCCN2CCNCC2)CCO1. The van der Waals surface area contributed by atoms with Crippen LogP contribution in [0.1, 0.15) is 6.42 Å². The number of urea groups is 1. The summed E-state index contributed by atoms with van der Waals surface area (Å²) in [4.78, 5) is 26.7. The number of carbonyl (C=O) groups is 2. The zero-order chi connectivity index (χ0) is 15.1. The minimum atomic E-state index is -1.02. The van der Waals surface area contributed by atoms with Crippen molar-refractivity contribution in [1.82, 2.24) is 20.4 Å². The van der Waals surface area contributed by atoms with Crippen molar-refractivity contribution < 1.29 is 19.4 Å². The summed E-state index contributed by atoms with van der Waals surface area (Å²) in [6, 6.07) is -0.204. The molecular weight excluding hydrogens is 276 g/mol. The highest BCUT2D eigenvalue weighted by molar-refractivity contribution is 5.77. The molecule has 2 aliphatic rings. The normalized spacial score (nSPS) is 23.8. The lowest BCUT2D eigenvalue weighted by molar-refractivity contribution is -0.154. The highest BCUT2D eigenvalue weighted by Crippen LogP contribution is 2.05. The second kappa shape index (κ2) is 8.16. The zero-order valence-electron chi connectivity index (χ0n) is 12.2. The first kappa shape index (κ1) is 16.0.